The Bertz CT molecular complexity index is 663. The molecule has 106 valence electrons. The molecule has 0 unspecified atom stereocenters. The van der Waals surface area contributed by atoms with Crippen LogP contribution in [0, 0.1) is 0 Å². The van der Waals surface area contributed by atoms with Crippen LogP contribution in [0.25, 0.3) is 10.1 Å². The van der Waals surface area contributed by atoms with Crippen LogP contribution in [0.15, 0.2) is 24.3 Å². The van der Waals surface area contributed by atoms with Gasteiger partial charge in [0.1, 0.15) is 4.88 Å². The molecule has 0 aliphatic rings. The summed E-state index contributed by atoms with van der Waals surface area (Å²) in [4.78, 5) is 25.6. The van der Waals surface area contributed by atoms with Crippen molar-refractivity contribution in [1.82, 2.24) is 4.90 Å². The van der Waals surface area contributed by atoms with Gasteiger partial charge in [0.2, 0.25) is 5.91 Å². The molecule has 20 heavy (non-hydrogen) atoms. The van der Waals surface area contributed by atoms with Gasteiger partial charge in [0.05, 0.1) is 12.2 Å². The van der Waals surface area contributed by atoms with E-state index in [9.17, 15) is 9.59 Å². The van der Waals surface area contributed by atoms with E-state index in [0.717, 1.165) is 10.1 Å². The van der Waals surface area contributed by atoms with Gasteiger partial charge >= 0.3 is 0 Å². The maximum Gasteiger partial charge on any atom is 0.266 e. The molecule has 2 aromatic rings. The molecule has 0 saturated carbocycles. The van der Waals surface area contributed by atoms with Gasteiger partial charge in [0.15, 0.2) is 0 Å². The normalized spacial score (nSPS) is 10.9. The molecule has 0 spiro atoms. The highest BCUT2D eigenvalue weighted by Crippen LogP contribution is 2.34. The van der Waals surface area contributed by atoms with E-state index in [1.165, 1.54) is 16.2 Å². The average molecular weight is 291 g/mol. The molecule has 1 aromatic carbocycles. The Morgan fingerprint density at radius 3 is 2.50 bits per heavy atom. The van der Waals surface area contributed by atoms with Crippen molar-refractivity contribution in [2.75, 3.05) is 12.3 Å². The fourth-order valence-electron chi connectivity index (χ4n) is 2.01. The second kappa shape index (κ2) is 5.50. The molecule has 0 atom stereocenters. The van der Waals surface area contributed by atoms with Crippen LogP contribution in [0.2, 0.25) is 0 Å². The summed E-state index contributed by atoms with van der Waals surface area (Å²) in [6.45, 7) is 3.57. The summed E-state index contributed by atoms with van der Waals surface area (Å²) in [7, 11) is 0. The van der Waals surface area contributed by atoms with Gasteiger partial charge in [-0.1, -0.05) is 18.2 Å². The number of hydrogen-bond acceptors (Lipinski definition) is 4. The minimum atomic E-state index is -0.535. The van der Waals surface area contributed by atoms with Gasteiger partial charge in [0.25, 0.3) is 5.91 Å². The molecule has 2 amide bonds. The smallest absolute Gasteiger partial charge is 0.266 e. The van der Waals surface area contributed by atoms with Crippen LogP contribution in [-0.2, 0) is 4.79 Å². The lowest BCUT2D eigenvalue weighted by molar-refractivity contribution is -0.119. The number of nitrogens with zero attached hydrogens (tertiary/aromatic N) is 1. The van der Waals surface area contributed by atoms with E-state index in [1.54, 1.807) is 0 Å². The maximum atomic E-state index is 12.6. The molecule has 1 heterocycles. The first-order valence-corrected chi connectivity index (χ1v) is 7.09. The summed E-state index contributed by atoms with van der Waals surface area (Å²) in [6.07, 6.45) is 0. The van der Waals surface area contributed by atoms with Crippen LogP contribution in [0.4, 0.5) is 5.69 Å². The molecule has 0 aliphatic heterocycles. The fraction of sp³-hybridized carbons (Fsp3) is 0.286. The first-order chi connectivity index (χ1) is 9.41. The van der Waals surface area contributed by atoms with Crippen molar-refractivity contribution in [3.63, 3.8) is 0 Å². The molecule has 0 radical (unpaired) electrons. The molecule has 0 saturated heterocycles. The van der Waals surface area contributed by atoms with Crippen molar-refractivity contribution in [3.05, 3.63) is 29.1 Å². The average Bonchev–Trinajstić information content (AvgIpc) is 2.73. The van der Waals surface area contributed by atoms with Gasteiger partial charge in [-0.05, 0) is 19.9 Å². The topological polar surface area (TPSA) is 89.4 Å². The predicted octanol–water partition coefficient (Wildman–Crippen LogP) is 1.82. The van der Waals surface area contributed by atoms with E-state index >= 15 is 0 Å². The molecule has 1 aromatic heterocycles. The molecule has 0 fully saturated rings. The number of thiophene rings is 1. The van der Waals surface area contributed by atoms with E-state index in [4.69, 9.17) is 11.5 Å². The van der Waals surface area contributed by atoms with Crippen LogP contribution in [0.1, 0.15) is 23.5 Å². The van der Waals surface area contributed by atoms with Crippen molar-refractivity contribution in [3.8, 4) is 0 Å². The highest BCUT2D eigenvalue weighted by molar-refractivity contribution is 7.21. The van der Waals surface area contributed by atoms with Gasteiger partial charge in [-0.3, -0.25) is 9.59 Å². The number of rotatable bonds is 4. The fourth-order valence-corrected chi connectivity index (χ4v) is 3.09. The van der Waals surface area contributed by atoms with E-state index < -0.39 is 5.91 Å². The summed E-state index contributed by atoms with van der Waals surface area (Å²) >= 11 is 1.34. The number of anilines is 1. The van der Waals surface area contributed by atoms with Crippen LogP contribution in [0.3, 0.4) is 0 Å². The second-order valence-electron chi connectivity index (χ2n) is 4.83. The Balaban J connectivity index is 2.43. The van der Waals surface area contributed by atoms with Crippen LogP contribution in [0.5, 0.6) is 0 Å². The highest BCUT2D eigenvalue weighted by Gasteiger charge is 2.25. The molecular formula is C14H17N3O2S. The second-order valence-corrected chi connectivity index (χ2v) is 5.89. The number of carbonyl (C=O) groups excluding carboxylic acids is 2. The van der Waals surface area contributed by atoms with E-state index in [-0.39, 0.29) is 18.5 Å². The summed E-state index contributed by atoms with van der Waals surface area (Å²) in [6, 6.07) is 7.45. The van der Waals surface area contributed by atoms with Crippen molar-refractivity contribution in [1.29, 1.82) is 0 Å². The third-order valence-corrected chi connectivity index (χ3v) is 4.21. The lowest BCUT2D eigenvalue weighted by atomic mass is 10.2. The molecule has 0 aliphatic carbocycles. The number of amides is 2. The third kappa shape index (κ3) is 2.60. The minimum absolute atomic E-state index is 0.107. The number of hydrogen-bond donors (Lipinski definition) is 2. The molecule has 6 heteroatoms. The zero-order chi connectivity index (χ0) is 14.9. The summed E-state index contributed by atoms with van der Waals surface area (Å²) in [5.41, 5.74) is 11.7. The predicted molar refractivity (Wildman–Crippen MR) is 81.6 cm³/mol. The minimum Gasteiger partial charge on any atom is -0.397 e. The number of nitrogens with two attached hydrogens (primary N) is 2. The molecule has 0 bridgehead atoms. The Labute approximate surface area is 121 Å². The zero-order valence-corrected chi connectivity index (χ0v) is 12.2. The van der Waals surface area contributed by atoms with Crippen molar-refractivity contribution in [2.24, 2.45) is 5.73 Å². The monoisotopic (exact) mass is 291 g/mol. The van der Waals surface area contributed by atoms with Gasteiger partial charge in [-0.2, -0.15) is 0 Å². The van der Waals surface area contributed by atoms with E-state index in [0.29, 0.717) is 10.6 Å². The van der Waals surface area contributed by atoms with Crippen molar-refractivity contribution in [2.45, 2.75) is 19.9 Å². The Morgan fingerprint density at radius 2 is 1.95 bits per heavy atom. The lowest BCUT2D eigenvalue weighted by Gasteiger charge is -2.24. The molecule has 5 nitrogen and oxygen atoms in total. The molecular weight excluding hydrogens is 274 g/mol. The Morgan fingerprint density at radius 1 is 1.30 bits per heavy atom. The maximum absolute atomic E-state index is 12.6. The molecule has 4 N–H and O–H groups in total. The van der Waals surface area contributed by atoms with E-state index in [1.807, 2.05) is 38.1 Å². The number of carbonyl (C=O) groups is 2. The number of nitrogen functional groups attached to an aromatic ring is 1. The first kappa shape index (κ1) is 14.3. The summed E-state index contributed by atoms with van der Waals surface area (Å²) in [5.74, 6) is -0.788. The number of fused-ring (bicyclic) bond motifs is 1. The number of benzene rings is 1. The summed E-state index contributed by atoms with van der Waals surface area (Å²) in [5, 5.41) is 0.864. The Hall–Kier alpha value is -2.08. The zero-order valence-electron chi connectivity index (χ0n) is 11.4. The lowest BCUT2D eigenvalue weighted by Crippen LogP contribution is -2.42. The van der Waals surface area contributed by atoms with Gasteiger partial charge in [0, 0.05) is 16.1 Å². The van der Waals surface area contributed by atoms with Crippen LogP contribution in [-0.4, -0.2) is 29.3 Å². The first-order valence-electron chi connectivity index (χ1n) is 6.28. The van der Waals surface area contributed by atoms with Crippen molar-refractivity contribution >= 4 is 38.9 Å². The quantitative estimate of drug-likeness (QED) is 0.900. The Kier molecular flexibility index (Phi) is 3.94. The van der Waals surface area contributed by atoms with Crippen LogP contribution < -0.4 is 11.5 Å². The summed E-state index contributed by atoms with van der Waals surface area (Å²) < 4.78 is 0.955. The van der Waals surface area contributed by atoms with E-state index in [2.05, 4.69) is 0 Å². The van der Waals surface area contributed by atoms with Crippen molar-refractivity contribution < 1.29 is 9.59 Å². The van der Waals surface area contributed by atoms with Gasteiger partial charge in [-0.25, -0.2) is 0 Å². The SMILES string of the molecule is CC(C)N(CC(N)=O)C(=O)c1sc2ccccc2c1N. The third-order valence-electron chi connectivity index (χ3n) is 3.04. The highest BCUT2D eigenvalue weighted by atomic mass is 32.1. The number of primary amides is 1. The standard InChI is InChI=1S/C14H17N3O2S/c1-8(2)17(7-11(15)18)14(19)13-12(16)9-5-3-4-6-10(9)20-13/h3-6,8H,7,16H2,1-2H3,(H2,15,18). The van der Waals surface area contributed by atoms with Gasteiger partial charge < -0.3 is 16.4 Å². The van der Waals surface area contributed by atoms with Gasteiger partial charge in [-0.15, -0.1) is 11.3 Å². The van der Waals surface area contributed by atoms with Crippen LogP contribution >= 0.6 is 11.3 Å². The molecule has 2 rings (SSSR count). The largest absolute Gasteiger partial charge is 0.397 e.